The van der Waals surface area contributed by atoms with Crippen molar-refractivity contribution in [3.8, 4) is 5.82 Å². The molecule has 0 aromatic carbocycles. The number of nitrogens with zero attached hydrogens (tertiary/aromatic N) is 6. The smallest absolute Gasteiger partial charge is 0.222 e. The summed E-state index contributed by atoms with van der Waals surface area (Å²) in [7, 11) is 0. The Morgan fingerprint density at radius 3 is 2.38 bits per heavy atom. The van der Waals surface area contributed by atoms with Gasteiger partial charge < -0.3 is 9.80 Å². The molecule has 1 saturated heterocycles. The molecule has 7 heteroatoms. The van der Waals surface area contributed by atoms with E-state index in [1.165, 1.54) is 0 Å². The summed E-state index contributed by atoms with van der Waals surface area (Å²) in [4.78, 5) is 30.0. The zero-order chi connectivity index (χ0) is 18.7. The van der Waals surface area contributed by atoms with Crippen LogP contribution in [0.4, 0.5) is 5.82 Å². The summed E-state index contributed by atoms with van der Waals surface area (Å²) in [6, 6.07) is 2.01. The van der Waals surface area contributed by atoms with E-state index in [9.17, 15) is 4.79 Å². The number of amides is 1. The Morgan fingerprint density at radius 2 is 1.77 bits per heavy atom. The van der Waals surface area contributed by atoms with Gasteiger partial charge in [0.2, 0.25) is 5.91 Å². The Bertz CT molecular complexity index is 776. The van der Waals surface area contributed by atoms with Crippen LogP contribution in [-0.4, -0.2) is 56.5 Å². The molecule has 1 amide bonds. The molecule has 3 heterocycles. The summed E-state index contributed by atoms with van der Waals surface area (Å²) in [5.41, 5.74) is 2.09. The molecule has 0 aliphatic carbocycles. The van der Waals surface area contributed by atoms with E-state index in [0.29, 0.717) is 6.42 Å². The van der Waals surface area contributed by atoms with Gasteiger partial charge in [0.25, 0.3) is 0 Å². The number of aromatic nitrogens is 4. The number of anilines is 1. The molecule has 1 aliphatic heterocycles. The van der Waals surface area contributed by atoms with E-state index in [2.05, 4.69) is 26.8 Å². The number of hydrogen-bond acceptors (Lipinski definition) is 5. The summed E-state index contributed by atoms with van der Waals surface area (Å²) in [6.45, 7) is 11.2. The third kappa shape index (κ3) is 3.86. The van der Waals surface area contributed by atoms with Gasteiger partial charge in [-0.2, -0.15) is 0 Å². The second kappa shape index (κ2) is 7.85. The van der Waals surface area contributed by atoms with Crippen molar-refractivity contribution in [1.82, 2.24) is 24.4 Å². The van der Waals surface area contributed by atoms with Crippen molar-refractivity contribution in [2.24, 2.45) is 0 Å². The molecule has 2 aromatic rings. The highest BCUT2D eigenvalue weighted by Gasteiger charge is 2.22. The van der Waals surface area contributed by atoms with Crippen molar-refractivity contribution in [2.45, 2.75) is 47.0 Å². The Kier molecular flexibility index (Phi) is 5.54. The van der Waals surface area contributed by atoms with Crippen LogP contribution in [-0.2, 0) is 4.79 Å². The maximum Gasteiger partial charge on any atom is 0.222 e. The fraction of sp³-hybridized carbons (Fsp3) is 0.579. The second-order valence-electron chi connectivity index (χ2n) is 6.89. The highest BCUT2D eigenvalue weighted by atomic mass is 16.2. The molecule has 2 aromatic heterocycles. The monoisotopic (exact) mass is 356 g/mol. The third-order valence-electron chi connectivity index (χ3n) is 5.01. The fourth-order valence-corrected chi connectivity index (χ4v) is 3.22. The van der Waals surface area contributed by atoms with Crippen LogP contribution in [0.2, 0.25) is 0 Å². The van der Waals surface area contributed by atoms with Gasteiger partial charge in [-0.25, -0.2) is 15.0 Å². The van der Waals surface area contributed by atoms with Crippen molar-refractivity contribution in [3.63, 3.8) is 0 Å². The SMILES string of the molecule is CCCCC(=O)N1CCN(c2cc(-n3cnc(C)c3C)nc(C)n2)CC1. The fourth-order valence-electron chi connectivity index (χ4n) is 3.22. The largest absolute Gasteiger partial charge is 0.353 e. The van der Waals surface area contributed by atoms with E-state index < -0.39 is 0 Å². The van der Waals surface area contributed by atoms with Gasteiger partial charge in [-0.1, -0.05) is 13.3 Å². The van der Waals surface area contributed by atoms with Gasteiger partial charge in [0.1, 0.15) is 23.8 Å². The van der Waals surface area contributed by atoms with E-state index in [0.717, 1.165) is 67.9 Å². The number of carbonyl (C=O) groups excluding carboxylic acids is 1. The Balaban J connectivity index is 1.73. The van der Waals surface area contributed by atoms with Crippen LogP contribution in [0, 0.1) is 20.8 Å². The molecule has 0 atom stereocenters. The summed E-state index contributed by atoms with van der Waals surface area (Å²) >= 11 is 0. The predicted molar refractivity (Wildman–Crippen MR) is 102 cm³/mol. The van der Waals surface area contributed by atoms with Gasteiger partial charge in [-0.15, -0.1) is 0 Å². The summed E-state index contributed by atoms with van der Waals surface area (Å²) in [6.07, 6.45) is 4.49. The van der Waals surface area contributed by atoms with Crippen LogP contribution in [0.3, 0.4) is 0 Å². The molecule has 7 nitrogen and oxygen atoms in total. The van der Waals surface area contributed by atoms with Crippen molar-refractivity contribution in [3.05, 3.63) is 29.6 Å². The first-order chi connectivity index (χ1) is 12.5. The van der Waals surface area contributed by atoms with Crippen molar-refractivity contribution < 1.29 is 4.79 Å². The minimum Gasteiger partial charge on any atom is -0.353 e. The van der Waals surface area contributed by atoms with Crippen LogP contribution < -0.4 is 4.90 Å². The zero-order valence-corrected chi connectivity index (χ0v) is 16.2. The van der Waals surface area contributed by atoms with Crippen LogP contribution in [0.15, 0.2) is 12.4 Å². The normalized spacial score (nSPS) is 14.8. The molecule has 1 fully saturated rings. The van der Waals surface area contributed by atoms with E-state index in [4.69, 9.17) is 0 Å². The molecule has 0 unspecified atom stereocenters. The first-order valence-electron chi connectivity index (χ1n) is 9.39. The highest BCUT2D eigenvalue weighted by molar-refractivity contribution is 5.76. The van der Waals surface area contributed by atoms with Gasteiger partial charge in [-0.3, -0.25) is 9.36 Å². The number of unbranched alkanes of at least 4 members (excludes halogenated alkanes) is 1. The van der Waals surface area contributed by atoms with Gasteiger partial charge in [0.05, 0.1) is 5.69 Å². The molecule has 26 heavy (non-hydrogen) atoms. The number of aryl methyl sites for hydroxylation is 2. The molecular weight excluding hydrogens is 328 g/mol. The number of rotatable bonds is 5. The Hall–Kier alpha value is -2.44. The van der Waals surface area contributed by atoms with E-state index >= 15 is 0 Å². The highest BCUT2D eigenvalue weighted by Crippen LogP contribution is 2.19. The lowest BCUT2D eigenvalue weighted by atomic mass is 10.2. The van der Waals surface area contributed by atoms with Gasteiger partial charge >= 0.3 is 0 Å². The van der Waals surface area contributed by atoms with Crippen LogP contribution >= 0.6 is 0 Å². The minimum absolute atomic E-state index is 0.274. The summed E-state index contributed by atoms with van der Waals surface area (Å²) in [5.74, 6) is 2.77. The zero-order valence-electron chi connectivity index (χ0n) is 16.2. The topological polar surface area (TPSA) is 67.2 Å². The van der Waals surface area contributed by atoms with E-state index in [-0.39, 0.29) is 5.91 Å². The average molecular weight is 356 g/mol. The van der Waals surface area contributed by atoms with Crippen molar-refractivity contribution in [2.75, 3.05) is 31.1 Å². The first kappa shape index (κ1) is 18.4. The molecule has 0 N–H and O–H groups in total. The van der Waals surface area contributed by atoms with Crippen LogP contribution in [0.5, 0.6) is 0 Å². The molecule has 0 saturated carbocycles. The average Bonchev–Trinajstić information content (AvgIpc) is 2.98. The Labute approximate surface area is 155 Å². The molecule has 0 radical (unpaired) electrons. The second-order valence-corrected chi connectivity index (χ2v) is 6.89. The molecule has 0 bridgehead atoms. The maximum atomic E-state index is 12.2. The first-order valence-corrected chi connectivity index (χ1v) is 9.39. The summed E-state index contributed by atoms with van der Waals surface area (Å²) in [5, 5.41) is 0. The molecule has 0 spiro atoms. The quantitative estimate of drug-likeness (QED) is 0.823. The predicted octanol–water partition coefficient (Wildman–Crippen LogP) is 2.43. The molecule has 1 aliphatic rings. The third-order valence-corrected chi connectivity index (χ3v) is 5.01. The van der Waals surface area contributed by atoms with Crippen LogP contribution in [0.1, 0.15) is 43.4 Å². The number of carbonyl (C=O) groups is 1. The van der Waals surface area contributed by atoms with Gasteiger partial charge in [0, 0.05) is 44.4 Å². The number of hydrogen-bond donors (Lipinski definition) is 0. The lowest BCUT2D eigenvalue weighted by Gasteiger charge is -2.35. The van der Waals surface area contributed by atoms with E-state index in [1.54, 1.807) is 6.33 Å². The minimum atomic E-state index is 0.274. The van der Waals surface area contributed by atoms with Gasteiger partial charge in [0.15, 0.2) is 0 Å². The molecular formula is C19H28N6O. The number of piperazine rings is 1. The van der Waals surface area contributed by atoms with E-state index in [1.807, 2.05) is 36.3 Å². The maximum absolute atomic E-state index is 12.2. The molecule has 3 rings (SSSR count). The van der Waals surface area contributed by atoms with Crippen LogP contribution in [0.25, 0.3) is 5.82 Å². The summed E-state index contributed by atoms with van der Waals surface area (Å²) < 4.78 is 2.00. The standard InChI is InChI=1S/C19H28N6O/c1-5-6-7-19(26)24-10-8-23(9-11-24)17-12-18(22-16(4)21-17)25-13-20-14(2)15(25)3/h12-13H,5-11H2,1-4H3. The van der Waals surface area contributed by atoms with Crippen molar-refractivity contribution >= 4 is 11.7 Å². The lowest BCUT2D eigenvalue weighted by Crippen LogP contribution is -2.49. The number of imidazole rings is 1. The van der Waals surface area contributed by atoms with Gasteiger partial charge in [-0.05, 0) is 27.2 Å². The lowest BCUT2D eigenvalue weighted by molar-refractivity contribution is -0.131. The Morgan fingerprint density at radius 1 is 1.08 bits per heavy atom. The molecule has 140 valence electrons. The van der Waals surface area contributed by atoms with Crippen molar-refractivity contribution in [1.29, 1.82) is 0 Å².